The summed E-state index contributed by atoms with van der Waals surface area (Å²) in [6.45, 7) is 15.0. The van der Waals surface area contributed by atoms with Crippen LogP contribution in [0.4, 0.5) is 0 Å². The van der Waals surface area contributed by atoms with Crippen LogP contribution in [-0.2, 0) is 18.3 Å². The van der Waals surface area contributed by atoms with E-state index in [1.807, 2.05) is 24.6 Å². The summed E-state index contributed by atoms with van der Waals surface area (Å²) in [6, 6.07) is 0.864. The highest BCUT2D eigenvalue weighted by Crippen LogP contribution is 2.16. The van der Waals surface area contributed by atoms with Crippen LogP contribution >= 0.6 is 0 Å². The highest BCUT2D eigenvalue weighted by molar-refractivity contribution is 5.80. The minimum atomic E-state index is 0.432. The highest BCUT2D eigenvalue weighted by atomic mass is 16.5. The van der Waals surface area contributed by atoms with Crippen LogP contribution in [0.15, 0.2) is 17.6 Å². The van der Waals surface area contributed by atoms with Crippen LogP contribution in [0.5, 0.6) is 0 Å². The lowest BCUT2D eigenvalue weighted by molar-refractivity contribution is 0.0444. The van der Waals surface area contributed by atoms with Gasteiger partial charge in [0.25, 0.3) is 0 Å². The van der Waals surface area contributed by atoms with Gasteiger partial charge in [-0.15, -0.1) is 16.8 Å². The van der Waals surface area contributed by atoms with E-state index in [4.69, 9.17) is 9.73 Å². The molecule has 0 amide bonds. The van der Waals surface area contributed by atoms with Crippen molar-refractivity contribution in [1.29, 1.82) is 0 Å². The maximum absolute atomic E-state index is 5.25. The Balaban J connectivity index is 2.09. The average Bonchev–Trinajstić information content (AvgIpc) is 2.93. The second-order valence-electron chi connectivity index (χ2n) is 6.87. The fourth-order valence-electron chi connectivity index (χ4n) is 3.33. The van der Waals surface area contributed by atoms with E-state index in [0.717, 1.165) is 43.8 Å². The Kier molecular flexibility index (Phi) is 7.59. The lowest BCUT2D eigenvalue weighted by atomic mass is 10.1. The summed E-state index contributed by atoms with van der Waals surface area (Å²) in [4.78, 5) is 9.62. The largest absolute Gasteiger partial charge is 0.383 e. The van der Waals surface area contributed by atoms with Crippen LogP contribution in [-0.4, -0.2) is 82.5 Å². The molecule has 26 heavy (non-hydrogen) atoms. The molecule has 1 N–H and O–H groups in total. The normalized spacial score (nSPS) is 21.9. The molecule has 0 bridgehead atoms. The molecule has 1 saturated heterocycles. The zero-order valence-corrected chi connectivity index (χ0v) is 16.8. The van der Waals surface area contributed by atoms with Gasteiger partial charge in [-0.25, -0.2) is 4.99 Å². The molecule has 0 spiro atoms. The predicted molar refractivity (Wildman–Crippen MR) is 104 cm³/mol. The number of aryl methyl sites for hydroxylation is 1. The SMILES string of the molecule is C=CCNC(=NCc1nnc(C)n1C)N1CC(C)N(CCOC)C(C)C1. The predicted octanol–water partition coefficient (Wildman–Crippen LogP) is 0.796. The standard InChI is InChI=1S/C18H33N7O/c1-7-8-19-18(20-11-17-22-21-16(4)23(17)5)24-12-14(2)25(9-10-26-6)15(3)13-24/h7,14-15H,1,8-13H2,2-6H3,(H,19,20). The van der Waals surface area contributed by atoms with Gasteiger partial charge in [0.15, 0.2) is 11.8 Å². The lowest BCUT2D eigenvalue weighted by Crippen LogP contribution is -2.60. The molecule has 0 aromatic carbocycles. The van der Waals surface area contributed by atoms with Gasteiger partial charge in [-0.1, -0.05) is 6.08 Å². The number of hydrogen-bond acceptors (Lipinski definition) is 5. The van der Waals surface area contributed by atoms with Crippen molar-refractivity contribution >= 4 is 5.96 Å². The van der Waals surface area contributed by atoms with Crippen LogP contribution in [0.2, 0.25) is 0 Å². The Bertz CT molecular complexity index is 601. The van der Waals surface area contributed by atoms with Gasteiger partial charge in [-0.2, -0.15) is 0 Å². The van der Waals surface area contributed by atoms with E-state index >= 15 is 0 Å². The molecule has 2 rings (SSSR count). The van der Waals surface area contributed by atoms with Gasteiger partial charge in [0, 0.05) is 52.4 Å². The maximum Gasteiger partial charge on any atom is 0.194 e. The number of aromatic nitrogens is 3. The van der Waals surface area contributed by atoms with Gasteiger partial charge in [0.1, 0.15) is 12.4 Å². The third-order valence-electron chi connectivity index (χ3n) is 4.91. The third kappa shape index (κ3) is 5.04. The van der Waals surface area contributed by atoms with Crippen LogP contribution < -0.4 is 5.32 Å². The van der Waals surface area contributed by atoms with Crippen LogP contribution in [0, 0.1) is 6.92 Å². The molecular formula is C18H33N7O. The van der Waals surface area contributed by atoms with E-state index < -0.39 is 0 Å². The van der Waals surface area contributed by atoms with Crippen molar-refractivity contribution in [2.75, 3.05) is 39.9 Å². The molecule has 2 unspecified atom stereocenters. The molecule has 2 atom stereocenters. The Hall–Kier alpha value is -1.93. The summed E-state index contributed by atoms with van der Waals surface area (Å²) < 4.78 is 7.23. The summed E-state index contributed by atoms with van der Waals surface area (Å²) >= 11 is 0. The molecule has 8 nitrogen and oxygen atoms in total. The lowest BCUT2D eigenvalue weighted by Gasteiger charge is -2.45. The van der Waals surface area contributed by atoms with E-state index in [1.165, 1.54) is 0 Å². The number of hydrogen-bond donors (Lipinski definition) is 1. The molecule has 0 saturated carbocycles. The van der Waals surface area contributed by atoms with Gasteiger partial charge in [-0.3, -0.25) is 4.90 Å². The molecule has 1 aliphatic rings. The monoisotopic (exact) mass is 363 g/mol. The van der Waals surface area contributed by atoms with E-state index in [1.54, 1.807) is 7.11 Å². The molecule has 2 heterocycles. The summed E-state index contributed by atoms with van der Waals surface area (Å²) in [7, 11) is 3.72. The topological polar surface area (TPSA) is 70.8 Å². The molecule has 1 fully saturated rings. The third-order valence-corrected chi connectivity index (χ3v) is 4.91. The Morgan fingerprint density at radius 1 is 1.35 bits per heavy atom. The second kappa shape index (κ2) is 9.68. The first-order chi connectivity index (χ1) is 12.5. The number of piperazine rings is 1. The number of ether oxygens (including phenoxy) is 1. The molecular weight excluding hydrogens is 330 g/mol. The number of guanidine groups is 1. The summed E-state index contributed by atoms with van der Waals surface area (Å²) in [6.07, 6.45) is 1.85. The summed E-state index contributed by atoms with van der Waals surface area (Å²) in [5.41, 5.74) is 0. The van der Waals surface area contributed by atoms with E-state index in [0.29, 0.717) is 25.2 Å². The molecule has 0 aliphatic carbocycles. The molecule has 1 aliphatic heterocycles. The summed E-state index contributed by atoms with van der Waals surface area (Å²) in [5, 5.41) is 11.7. The zero-order valence-electron chi connectivity index (χ0n) is 16.8. The Morgan fingerprint density at radius 2 is 2.04 bits per heavy atom. The van der Waals surface area contributed by atoms with Crippen molar-refractivity contribution in [2.45, 2.75) is 39.4 Å². The fraction of sp³-hybridized carbons (Fsp3) is 0.722. The minimum absolute atomic E-state index is 0.432. The fourth-order valence-corrected chi connectivity index (χ4v) is 3.33. The first kappa shape index (κ1) is 20.4. The van der Waals surface area contributed by atoms with Crippen molar-refractivity contribution in [3.63, 3.8) is 0 Å². The smallest absolute Gasteiger partial charge is 0.194 e. The minimum Gasteiger partial charge on any atom is -0.383 e. The first-order valence-corrected chi connectivity index (χ1v) is 9.21. The van der Waals surface area contributed by atoms with Crippen molar-refractivity contribution in [2.24, 2.45) is 12.0 Å². The quantitative estimate of drug-likeness (QED) is 0.439. The zero-order chi connectivity index (χ0) is 19.1. The van der Waals surface area contributed by atoms with Crippen molar-refractivity contribution in [1.82, 2.24) is 29.9 Å². The molecule has 8 heteroatoms. The Labute approximate surface area is 156 Å². The Morgan fingerprint density at radius 3 is 2.58 bits per heavy atom. The van der Waals surface area contributed by atoms with Crippen molar-refractivity contribution in [3.05, 3.63) is 24.3 Å². The number of methoxy groups -OCH3 is 1. The van der Waals surface area contributed by atoms with Gasteiger partial charge < -0.3 is 19.5 Å². The maximum atomic E-state index is 5.25. The average molecular weight is 364 g/mol. The van der Waals surface area contributed by atoms with E-state index in [-0.39, 0.29) is 0 Å². The second-order valence-corrected chi connectivity index (χ2v) is 6.87. The van der Waals surface area contributed by atoms with Crippen LogP contribution in [0.3, 0.4) is 0 Å². The van der Waals surface area contributed by atoms with Gasteiger partial charge in [0.05, 0.1) is 6.61 Å². The van der Waals surface area contributed by atoms with E-state index in [2.05, 4.69) is 45.7 Å². The van der Waals surface area contributed by atoms with Gasteiger partial charge in [0.2, 0.25) is 0 Å². The molecule has 1 aromatic rings. The van der Waals surface area contributed by atoms with Crippen LogP contribution in [0.25, 0.3) is 0 Å². The highest BCUT2D eigenvalue weighted by Gasteiger charge is 2.30. The number of rotatable bonds is 7. The van der Waals surface area contributed by atoms with Crippen molar-refractivity contribution < 1.29 is 4.74 Å². The molecule has 146 valence electrons. The molecule has 1 aromatic heterocycles. The van der Waals surface area contributed by atoms with E-state index in [9.17, 15) is 0 Å². The first-order valence-electron chi connectivity index (χ1n) is 9.21. The van der Waals surface area contributed by atoms with Gasteiger partial charge in [-0.05, 0) is 20.8 Å². The molecule has 0 radical (unpaired) electrons. The number of nitrogens with zero attached hydrogens (tertiary/aromatic N) is 6. The number of nitrogens with one attached hydrogen (secondary N) is 1. The van der Waals surface area contributed by atoms with Crippen molar-refractivity contribution in [3.8, 4) is 0 Å². The summed E-state index contributed by atoms with van der Waals surface area (Å²) in [5.74, 6) is 2.65. The van der Waals surface area contributed by atoms with Crippen LogP contribution in [0.1, 0.15) is 25.5 Å². The van der Waals surface area contributed by atoms with Gasteiger partial charge >= 0.3 is 0 Å². The number of aliphatic imine (C=N–C) groups is 1.